The average Bonchev–Trinajstić information content (AvgIpc) is 2.95. The fraction of sp³-hybridized carbons (Fsp3) is 0.600. The van der Waals surface area contributed by atoms with E-state index < -0.39 is 10.0 Å². The zero-order valence-electron chi connectivity index (χ0n) is 12.7. The molecule has 1 saturated heterocycles. The van der Waals surface area contributed by atoms with Crippen molar-refractivity contribution < 1.29 is 8.42 Å². The third-order valence-electron chi connectivity index (χ3n) is 4.02. The van der Waals surface area contributed by atoms with Crippen LogP contribution in [0.15, 0.2) is 29.2 Å². The summed E-state index contributed by atoms with van der Waals surface area (Å²) in [5.41, 5.74) is 7.01. The van der Waals surface area contributed by atoms with Crippen LogP contribution < -0.4 is 15.4 Å². The fourth-order valence-electron chi connectivity index (χ4n) is 2.61. The normalized spacial score (nSPS) is 20.7. The first-order valence-corrected chi connectivity index (χ1v) is 9.02. The van der Waals surface area contributed by atoms with Gasteiger partial charge < -0.3 is 10.6 Å². The SMILES string of the molecule is CCCNS(=O)(=O)c1ccc(N2CCC(C(C)N)C2)cc1. The standard InChI is InChI=1S/C15H25N3O2S/c1-3-9-17-21(19,20)15-6-4-14(5-7-15)18-10-8-13(11-18)12(2)16/h4-7,12-13,17H,3,8-11,16H2,1-2H3. The number of rotatable bonds is 6. The Balaban J connectivity index is 2.06. The van der Waals surface area contributed by atoms with Gasteiger partial charge in [-0.25, -0.2) is 13.1 Å². The molecule has 1 aliphatic rings. The molecule has 21 heavy (non-hydrogen) atoms. The molecule has 2 rings (SSSR count). The van der Waals surface area contributed by atoms with Crippen LogP contribution in [0.1, 0.15) is 26.7 Å². The summed E-state index contributed by atoms with van der Waals surface area (Å²) in [6, 6.07) is 7.31. The van der Waals surface area contributed by atoms with Crippen molar-refractivity contribution in [3.05, 3.63) is 24.3 Å². The number of benzene rings is 1. The minimum Gasteiger partial charge on any atom is -0.371 e. The van der Waals surface area contributed by atoms with Gasteiger partial charge in [-0.05, 0) is 49.9 Å². The summed E-state index contributed by atoms with van der Waals surface area (Å²) in [7, 11) is -3.38. The van der Waals surface area contributed by atoms with E-state index in [1.54, 1.807) is 12.1 Å². The third kappa shape index (κ3) is 3.96. The summed E-state index contributed by atoms with van der Waals surface area (Å²) >= 11 is 0. The number of nitrogens with two attached hydrogens (primary N) is 1. The van der Waals surface area contributed by atoms with Gasteiger partial charge in [-0.15, -0.1) is 0 Å². The Morgan fingerprint density at radius 2 is 2.05 bits per heavy atom. The van der Waals surface area contributed by atoms with E-state index in [-0.39, 0.29) is 6.04 Å². The largest absolute Gasteiger partial charge is 0.371 e. The summed E-state index contributed by atoms with van der Waals surface area (Å²) < 4.78 is 26.6. The van der Waals surface area contributed by atoms with Gasteiger partial charge in [-0.3, -0.25) is 0 Å². The molecule has 2 atom stereocenters. The van der Waals surface area contributed by atoms with Crippen molar-refractivity contribution in [1.29, 1.82) is 0 Å². The lowest BCUT2D eigenvalue weighted by molar-refractivity contribution is 0.488. The van der Waals surface area contributed by atoms with E-state index in [1.165, 1.54) is 0 Å². The van der Waals surface area contributed by atoms with Crippen LogP contribution in [0.2, 0.25) is 0 Å². The Bertz CT molecular complexity index is 555. The molecule has 0 radical (unpaired) electrons. The highest BCUT2D eigenvalue weighted by molar-refractivity contribution is 7.89. The van der Waals surface area contributed by atoms with E-state index in [9.17, 15) is 8.42 Å². The molecule has 2 unspecified atom stereocenters. The van der Waals surface area contributed by atoms with Crippen molar-refractivity contribution in [1.82, 2.24) is 4.72 Å². The van der Waals surface area contributed by atoms with E-state index in [0.717, 1.165) is 31.6 Å². The Morgan fingerprint density at radius 1 is 1.38 bits per heavy atom. The Hall–Kier alpha value is -1.11. The molecule has 0 spiro atoms. The maximum absolute atomic E-state index is 12.0. The molecule has 0 bridgehead atoms. The maximum Gasteiger partial charge on any atom is 0.240 e. The molecule has 1 aromatic carbocycles. The Morgan fingerprint density at radius 3 is 2.57 bits per heavy atom. The topological polar surface area (TPSA) is 75.4 Å². The molecule has 6 heteroatoms. The molecule has 0 aromatic heterocycles. The van der Waals surface area contributed by atoms with Crippen LogP contribution in [0.5, 0.6) is 0 Å². The van der Waals surface area contributed by atoms with Crippen LogP contribution in [0, 0.1) is 5.92 Å². The number of anilines is 1. The number of sulfonamides is 1. The Labute approximate surface area is 127 Å². The summed E-state index contributed by atoms with van der Waals surface area (Å²) in [5.74, 6) is 0.514. The van der Waals surface area contributed by atoms with E-state index in [0.29, 0.717) is 17.4 Å². The predicted molar refractivity (Wildman–Crippen MR) is 85.9 cm³/mol. The smallest absolute Gasteiger partial charge is 0.240 e. The molecule has 3 N–H and O–H groups in total. The molecule has 0 saturated carbocycles. The van der Waals surface area contributed by atoms with Gasteiger partial charge in [-0.2, -0.15) is 0 Å². The molecule has 0 aliphatic carbocycles. The zero-order valence-corrected chi connectivity index (χ0v) is 13.6. The van der Waals surface area contributed by atoms with Gasteiger partial charge in [-0.1, -0.05) is 6.92 Å². The first kappa shape index (κ1) is 16.3. The molecule has 1 fully saturated rings. The number of hydrogen-bond donors (Lipinski definition) is 2. The van der Waals surface area contributed by atoms with Crippen molar-refractivity contribution in [2.24, 2.45) is 11.7 Å². The minimum atomic E-state index is -3.38. The zero-order chi connectivity index (χ0) is 15.5. The van der Waals surface area contributed by atoms with E-state index in [4.69, 9.17) is 5.73 Å². The van der Waals surface area contributed by atoms with E-state index in [2.05, 4.69) is 9.62 Å². The predicted octanol–water partition coefficient (Wildman–Crippen LogP) is 1.55. The van der Waals surface area contributed by atoms with Gasteiger partial charge in [0, 0.05) is 31.4 Å². The minimum absolute atomic E-state index is 0.202. The highest BCUT2D eigenvalue weighted by Crippen LogP contribution is 2.26. The second-order valence-corrected chi connectivity index (χ2v) is 7.51. The van der Waals surface area contributed by atoms with Crippen molar-refractivity contribution in [3.8, 4) is 0 Å². The molecule has 118 valence electrons. The van der Waals surface area contributed by atoms with E-state index in [1.807, 2.05) is 26.0 Å². The average molecular weight is 311 g/mol. The first-order chi connectivity index (χ1) is 9.94. The molecule has 1 heterocycles. The van der Waals surface area contributed by atoms with Crippen molar-refractivity contribution >= 4 is 15.7 Å². The lowest BCUT2D eigenvalue weighted by atomic mass is 10.0. The molecular weight excluding hydrogens is 286 g/mol. The van der Waals surface area contributed by atoms with Crippen molar-refractivity contribution in [2.45, 2.75) is 37.6 Å². The molecule has 1 aromatic rings. The highest BCUT2D eigenvalue weighted by atomic mass is 32.2. The first-order valence-electron chi connectivity index (χ1n) is 7.54. The summed E-state index contributed by atoms with van der Waals surface area (Å²) in [6.45, 7) is 6.37. The number of nitrogens with zero attached hydrogens (tertiary/aromatic N) is 1. The maximum atomic E-state index is 12.0. The van der Waals surface area contributed by atoms with Crippen LogP contribution in [0.4, 0.5) is 5.69 Å². The van der Waals surface area contributed by atoms with Gasteiger partial charge >= 0.3 is 0 Å². The summed E-state index contributed by atoms with van der Waals surface area (Å²) in [5, 5.41) is 0. The lowest BCUT2D eigenvalue weighted by Crippen LogP contribution is -2.29. The van der Waals surface area contributed by atoms with E-state index >= 15 is 0 Å². The Kier molecular flexibility index (Phi) is 5.24. The second kappa shape index (κ2) is 6.77. The van der Waals surface area contributed by atoms with Crippen LogP contribution in [0.25, 0.3) is 0 Å². The van der Waals surface area contributed by atoms with Gasteiger partial charge in [0.25, 0.3) is 0 Å². The third-order valence-corrected chi connectivity index (χ3v) is 5.50. The van der Waals surface area contributed by atoms with Crippen LogP contribution in [-0.2, 0) is 10.0 Å². The van der Waals surface area contributed by atoms with Gasteiger partial charge in [0.05, 0.1) is 4.90 Å². The van der Waals surface area contributed by atoms with Crippen molar-refractivity contribution in [3.63, 3.8) is 0 Å². The lowest BCUT2D eigenvalue weighted by Gasteiger charge is -2.20. The summed E-state index contributed by atoms with van der Waals surface area (Å²) in [4.78, 5) is 2.59. The van der Waals surface area contributed by atoms with Gasteiger partial charge in [0.1, 0.15) is 0 Å². The molecule has 0 amide bonds. The molecular formula is C15H25N3O2S. The summed E-state index contributed by atoms with van der Waals surface area (Å²) in [6.07, 6.45) is 1.87. The fourth-order valence-corrected chi connectivity index (χ4v) is 3.74. The van der Waals surface area contributed by atoms with Crippen LogP contribution >= 0.6 is 0 Å². The van der Waals surface area contributed by atoms with Gasteiger partial charge in [0.15, 0.2) is 0 Å². The number of nitrogens with one attached hydrogen (secondary N) is 1. The van der Waals surface area contributed by atoms with Crippen LogP contribution in [0.3, 0.4) is 0 Å². The van der Waals surface area contributed by atoms with Gasteiger partial charge in [0.2, 0.25) is 10.0 Å². The quantitative estimate of drug-likeness (QED) is 0.836. The van der Waals surface area contributed by atoms with Crippen molar-refractivity contribution in [2.75, 3.05) is 24.5 Å². The molecule has 5 nitrogen and oxygen atoms in total. The molecule has 1 aliphatic heterocycles. The number of hydrogen-bond acceptors (Lipinski definition) is 4. The second-order valence-electron chi connectivity index (χ2n) is 5.75. The highest BCUT2D eigenvalue weighted by Gasteiger charge is 2.25. The monoisotopic (exact) mass is 311 g/mol. The van der Waals surface area contributed by atoms with Crippen LogP contribution in [-0.4, -0.2) is 34.1 Å².